The van der Waals surface area contributed by atoms with Gasteiger partial charge < -0.3 is 9.52 Å². The molecule has 1 heterocycles. The van der Waals surface area contributed by atoms with Crippen LogP contribution in [0, 0.1) is 6.92 Å². The molecule has 21 heavy (non-hydrogen) atoms. The highest BCUT2D eigenvalue weighted by Gasteiger charge is 2.20. The van der Waals surface area contributed by atoms with Gasteiger partial charge in [-0.2, -0.15) is 0 Å². The fourth-order valence-electron chi connectivity index (χ4n) is 2.60. The van der Waals surface area contributed by atoms with Crippen molar-refractivity contribution >= 4 is 11.0 Å². The van der Waals surface area contributed by atoms with Crippen molar-refractivity contribution in [3.05, 3.63) is 70.1 Å². The van der Waals surface area contributed by atoms with E-state index in [4.69, 9.17) is 4.42 Å². The van der Waals surface area contributed by atoms with E-state index in [1.54, 1.807) is 13.0 Å². The van der Waals surface area contributed by atoms with Gasteiger partial charge in [0.2, 0.25) is 5.43 Å². The number of fused-ring (bicyclic) bond motifs is 1. The minimum absolute atomic E-state index is 0.101. The van der Waals surface area contributed by atoms with Crippen molar-refractivity contribution in [2.75, 3.05) is 0 Å². The molecule has 1 N–H and O–H groups in total. The maximum absolute atomic E-state index is 12.9. The topological polar surface area (TPSA) is 50.4 Å². The number of hydrogen-bond acceptors (Lipinski definition) is 3. The van der Waals surface area contributed by atoms with E-state index in [-0.39, 0.29) is 5.43 Å². The summed E-state index contributed by atoms with van der Waals surface area (Å²) in [5, 5.41) is 10.6. The minimum Gasteiger partial charge on any atom is -0.457 e. The third-order valence-corrected chi connectivity index (χ3v) is 3.60. The van der Waals surface area contributed by atoms with Gasteiger partial charge in [-0.1, -0.05) is 42.5 Å². The van der Waals surface area contributed by atoms with Gasteiger partial charge in [0.1, 0.15) is 17.4 Å². The molecule has 3 aromatic rings. The first-order valence-corrected chi connectivity index (χ1v) is 6.89. The van der Waals surface area contributed by atoms with E-state index in [0.29, 0.717) is 22.3 Å². The predicted molar refractivity (Wildman–Crippen MR) is 83.3 cm³/mol. The van der Waals surface area contributed by atoms with Crippen LogP contribution in [0.1, 0.15) is 24.4 Å². The molecule has 0 saturated carbocycles. The van der Waals surface area contributed by atoms with Crippen LogP contribution in [-0.4, -0.2) is 5.11 Å². The van der Waals surface area contributed by atoms with E-state index in [9.17, 15) is 9.90 Å². The van der Waals surface area contributed by atoms with Crippen LogP contribution in [0.25, 0.3) is 22.1 Å². The number of aliphatic hydroxyl groups excluding tert-OH is 1. The molecule has 1 atom stereocenters. The lowest BCUT2D eigenvalue weighted by molar-refractivity contribution is 0.171. The quantitative estimate of drug-likeness (QED) is 0.776. The summed E-state index contributed by atoms with van der Waals surface area (Å²) in [6.07, 6.45) is -0.849. The molecule has 3 heteroatoms. The smallest absolute Gasteiger partial charge is 0.201 e. The van der Waals surface area contributed by atoms with Crippen LogP contribution in [0.4, 0.5) is 0 Å². The number of aryl methyl sites for hydroxylation is 1. The van der Waals surface area contributed by atoms with E-state index in [0.717, 1.165) is 11.1 Å². The average Bonchev–Trinajstić information content (AvgIpc) is 2.47. The van der Waals surface area contributed by atoms with E-state index in [2.05, 4.69) is 0 Å². The fraction of sp³-hybridized carbons (Fsp3) is 0.167. The lowest BCUT2D eigenvalue weighted by Gasteiger charge is -2.13. The number of benzene rings is 2. The summed E-state index contributed by atoms with van der Waals surface area (Å²) in [4.78, 5) is 12.9. The molecule has 0 amide bonds. The molecule has 0 spiro atoms. The highest BCUT2D eigenvalue weighted by Crippen LogP contribution is 2.29. The summed E-state index contributed by atoms with van der Waals surface area (Å²) >= 11 is 0. The number of rotatable bonds is 2. The Hall–Kier alpha value is -2.39. The van der Waals surface area contributed by atoms with Gasteiger partial charge in [0, 0.05) is 0 Å². The van der Waals surface area contributed by atoms with Crippen LogP contribution in [0.15, 0.2) is 57.7 Å². The number of aliphatic hydroxyl groups is 1. The lowest BCUT2D eigenvalue weighted by atomic mass is 9.98. The molecule has 1 unspecified atom stereocenters. The second-order valence-corrected chi connectivity index (χ2v) is 5.16. The van der Waals surface area contributed by atoms with Crippen LogP contribution in [0.5, 0.6) is 0 Å². The van der Waals surface area contributed by atoms with E-state index in [1.807, 2.05) is 49.4 Å². The summed E-state index contributed by atoms with van der Waals surface area (Å²) in [7, 11) is 0. The molecule has 3 rings (SSSR count). The van der Waals surface area contributed by atoms with Crippen molar-refractivity contribution in [3.63, 3.8) is 0 Å². The third-order valence-electron chi connectivity index (χ3n) is 3.60. The van der Waals surface area contributed by atoms with Gasteiger partial charge in [0.25, 0.3) is 0 Å². The van der Waals surface area contributed by atoms with Crippen LogP contribution in [-0.2, 0) is 0 Å². The van der Waals surface area contributed by atoms with Crippen molar-refractivity contribution in [1.29, 1.82) is 0 Å². The van der Waals surface area contributed by atoms with Crippen LogP contribution in [0.3, 0.4) is 0 Å². The molecule has 1 aromatic heterocycles. The molecule has 0 aliphatic carbocycles. The molecule has 0 radical (unpaired) electrons. The first kappa shape index (κ1) is 13.6. The molecule has 0 fully saturated rings. The van der Waals surface area contributed by atoms with Gasteiger partial charge in [-0.05, 0) is 31.0 Å². The zero-order valence-electron chi connectivity index (χ0n) is 12.0. The summed E-state index contributed by atoms with van der Waals surface area (Å²) < 4.78 is 5.82. The first-order valence-electron chi connectivity index (χ1n) is 6.89. The van der Waals surface area contributed by atoms with E-state index >= 15 is 0 Å². The Labute approximate surface area is 122 Å². The Bertz CT molecular complexity index is 845. The minimum atomic E-state index is -0.849. The monoisotopic (exact) mass is 280 g/mol. The summed E-state index contributed by atoms with van der Waals surface area (Å²) in [6.45, 7) is 3.49. The first-order chi connectivity index (χ1) is 10.1. The molecule has 106 valence electrons. The predicted octanol–water partition coefficient (Wildman–Crippen LogP) is 3.82. The van der Waals surface area contributed by atoms with Crippen LogP contribution >= 0.6 is 0 Å². The largest absolute Gasteiger partial charge is 0.457 e. The molecule has 2 aromatic carbocycles. The molecular formula is C18H16O3. The zero-order valence-corrected chi connectivity index (χ0v) is 12.0. The van der Waals surface area contributed by atoms with Gasteiger partial charge in [0.15, 0.2) is 0 Å². The summed E-state index contributed by atoms with van der Waals surface area (Å²) in [5.74, 6) is 0.310. The van der Waals surface area contributed by atoms with Crippen LogP contribution < -0.4 is 5.43 Å². The van der Waals surface area contributed by atoms with Crippen molar-refractivity contribution in [2.45, 2.75) is 20.0 Å². The Balaban J connectivity index is 2.47. The molecule has 0 bridgehead atoms. The van der Waals surface area contributed by atoms with Crippen molar-refractivity contribution in [2.24, 2.45) is 0 Å². The fourth-order valence-corrected chi connectivity index (χ4v) is 2.60. The summed E-state index contributed by atoms with van der Waals surface area (Å²) in [6, 6.07) is 14.8. The van der Waals surface area contributed by atoms with E-state index < -0.39 is 6.10 Å². The zero-order chi connectivity index (χ0) is 15.0. The Morgan fingerprint density at radius 3 is 2.43 bits per heavy atom. The Morgan fingerprint density at radius 1 is 1.05 bits per heavy atom. The van der Waals surface area contributed by atoms with Gasteiger partial charge in [-0.15, -0.1) is 0 Å². The van der Waals surface area contributed by atoms with Gasteiger partial charge in [0.05, 0.1) is 10.9 Å². The van der Waals surface area contributed by atoms with Gasteiger partial charge in [-0.25, -0.2) is 0 Å². The van der Waals surface area contributed by atoms with E-state index in [1.165, 1.54) is 0 Å². The van der Waals surface area contributed by atoms with Gasteiger partial charge in [-0.3, -0.25) is 4.79 Å². The molecule has 0 aliphatic heterocycles. The second kappa shape index (κ2) is 5.19. The van der Waals surface area contributed by atoms with Crippen molar-refractivity contribution < 1.29 is 9.52 Å². The SMILES string of the molecule is Cc1cccc2oc(C(C)O)c(-c3ccccc3)c(=O)c12. The molecule has 3 nitrogen and oxygen atoms in total. The maximum atomic E-state index is 12.9. The molecular weight excluding hydrogens is 264 g/mol. The highest BCUT2D eigenvalue weighted by molar-refractivity contribution is 5.85. The maximum Gasteiger partial charge on any atom is 0.201 e. The average molecular weight is 280 g/mol. The highest BCUT2D eigenvalue weighted by atomic mass is 16.4. The second-order valence-electron chi connectivity index (χ2n) is 5.16. The van der Waals surface area contributed by atoms with Crippen LogP contribution in [0.2, 0.25) is 0 Å². The van der Waals surface area contributed by atoms with Crippen molar-refractivity contribution in [1.82, 2.24) is 0 Å². The standard InChI is InChI=1S/C18H16O3/c1-11-7-6-10-14-15(11)17(20)16(18(21-14)12(2)19)13-8-4-3-5-9-13/h3-10,12,19H,1-2H3. The van der Waals surface area contributed by atoms with Gasteiger partial charge >= 0.3 is 0 Å². The Kier molecular flexibility index (Phi) is 3.35. The third kappa shape index (κ3) is 2.26. The molecule has 0 saturated heterocycles. The summed E-state index contributed by atoms with van der Waals surface area (Å²) in [5.41, 5.74) is 2.47. The lowest BCUT2D eigenvalue weighted by Crippen LogP contribution is -2.11. The van der Waals surface area contributed by atoms with Crippen molar-refractivity contribution in [3.8, 4) is 11.1 Å². The Morgan fingerprint density at radius 2 is 1.76 bits per heavy atom. The normalized spacial score (nSPS) is 12.5. The number of hydrogen-bond donors (Lipinski definition) is 1. The molecule has 0 aliphatic rings.